The van der Waals surface area contributed by atoms with E-state index in [4.69, 9.17) is 10.8 Å². The molecule has 1 aromatic carbocycles. The number of carboxylic acids is 1. The number of para-hydroxylation sites is 1. The maximum atomic E-state index is 11.1. The molecule has 1 atom stereocenters. The predicted octanol–water partition coefficient (Wildman–Crippen LogP) is 1.32. The molecule has 2 aromatic rings. The second-order valence-electron chi connectivity index (χ2n) is 4.98. The molecule has 1 saturated carbocycles. The van der Waals surface area contributed by atoms with Crippen LogP contribution in [0.4, 0.5) is 0 Å². The first kappa shape index (κ1) is 11.9. The molecule has 1 aromatic heterocycles. The molecule has 3 rings (SSSR count). The molecule has 98 valence electrons. The van der Waals surface area contributed by atoms with Crippen LogP contribution in [-0.2, 0) is 10.2 Å². The van der Waals surface area contributed by atoms with E-state index in [1.54, 1.807) is 10.9 Å². The number of carbonyl (C=O) groups is 1. The summed E-state index contributed by atoms with van der Waals surface area (Å²) in [6.07, 6.45) is 5.22. The summed E-state index contributed by atoms with van der Waals surface area (Å²) in [6, 6.07) is 8.86. The Morgan fingerprint density at radius 1 is 1.37 bits per heavy atom. The molecule has 5 heteroatoms. The zero-order valence-electron chi connectivity index (χ0n) is 10.4. The number of benzene rings is 1. The first-order valence-electron chi connectivity index (χ1n) is 6.22. The van der Waals surface area contributed by atoms with Gasteiger partial charge in [0.15, 0.2) is 0 Å². The molecule has 0 radical (unpaired) electrons. The van der Waals surface area contributed by atoms with Crippen molar-refractivity contribution in [2.24, 2.45) is 5.73 Å². The van der Waals surface area contributed by atoms with Crippen LogP contribution in [0, 0.1) is 0 Å². The van der Waals surface area contributed by atoms with Crippen LogP contribution in [0.1, 0.15) is 18.4 Å². The Bertz CT molecular complexity index is 602. The molecule has 0 aliphatic heterocycles. The molecule has 0 spiro atoms. The number of carboxylic acid groups (broad SMARTS) is 1. The van der Waals surface area contributed by atoms with E-state index in [0.717, 1.165) is 24.1 Å². The Morgan fingerprint density at radius 2 is 2.05 bits per heavy atom. The van der Waals surface area contributed by atoms with Crippen LogP contribution in [0.15, 0.2) is 42.7 Å². The highest BCUT2D eigenvalue weighted by atomic mass is 16.4. The molecule has 1 aliphatic carbocycles. The van der Waals surface area contributed by atoms with Crippen molar-refractivity contribution in [3.05, 3.63) is 48.3 Å². The van der Waals surface area contributed by atoms with E-state index in [9.17, 15) is 4.79 Å². The summed E-state index contributed by atoms with van der Waals surface area (Å²) < 4.78 is 1.75. The van der Waals surface area contributed by atoms with Crippen LogP contribution in [0.3, 0.4) is 0 Å². The van der Waals surface area contributed by atoms with Gasteiger partial charge in [-0.1, -0.05) is 18.2 Å². The van der Waals surface area contributed by atoms with Gasteiger partial charge in [0.25, 0.3) is 0 Å². The van der Waals surface area contributed by atoms with E-state index in [1.807, 2.05) is 36.5 Å². The van der Waals surface area contributed by atoms with Gasteiger partial charge < -0.3 is 10.8 Å². The van der Waals surface area contributed by atoms with Gasteiger partial charge in [-0.2, -0.15) is 5.10 Å². The second-order valence-corrected chi connectivity index (χ2v) is 4.98. The monoisotopic (exact) mass is 257 g/mol. The van der Waals surface area contributed by atoms with Crippen molar-refractivity contribution in [3.63, 3.8) is 0 Å². The Balaban J connectivity index is 1.92. The molecule has 3 N–H and O–H groups in total. The number of aromatic nitrogens is 2. The molecular weight excluding hydrogens is 242 g/mol. The number of aliphatic carboxylic acids is 1. The van der Waals surface area contributed by atoms with Gasteiger partial charge in [-0.25, -0.2) is 4.68 Å². The SMILES string of the molecule is NC(C(=O)O)C1(c2cnn(-c3ccccc3)c2)CC1. The van der Waals surface area contributed by atoms with E-state index < -0.39 is 17.4 Å². The van der Waals surface area contributed by atoms with E-state index in [2.05, 4.69) is 5.10 Å². The minimum atomic E-state index is -0.954. The van der Waals surface area contributed by atoms with E-state index in [-0.39, 0.29) is 0 Å². The predicted molar refractivity (Wildman–Crippen MR) is 70.1 cm³/mol. The van der Waals surface area contributed by atoms with Gasteiger partial charge in [0.2, 0.25) is 0 Å². The molecule has 0 amide bonds. The standard InChI is InChI=1S/C14H15N3O2/c15-12(13(18)19)14(6-7-14)10-8-16-17(9-10)11-4-2-1-3-5-11/h1-5,8-9,12H,6-7,15H2,(H,18,19). The fourth-order valence-corrected chi connectivity index (χ4v) is 2.45. The maximum absolute atomic E-state index is 11.1. The van der Waals surface area contributed by atoms with Gasteiger partial charge >= 0.3 is 5.97 Å². The van der Waals surface area contributed by atoms with Crippen molar-refractivity contribution in [2.45, 2.75) is 24.3 Å². The van der Waals surface area contributed by atoms with Gasteiger partial charge in [-0.3, -0.25) is 4.79 Å². The second kappa shape index (κ2) is 4.20. The smallest absolute Gasteiger partial charge is 0.321 e. The third-order valence-corrected chi connectivity index (χ3v) is 3.83. The van der Waals surface area contributed by atoms with Gasteiger partial charge in [0.1, 0.15) is 6.04 Å². The van der Waals surface area contributed by atoms with Crippen LogP contribution in [-0.4, -0.2) is 26.9 Å². The average molecular weight is 257 g/mol. The van der Waals surface area contributed by atoms with Crippen molar-refractivity contribution in [3.8, 4) is 5.69 Å². The topological polar surface area (TPSA) is 81.1 Å². The normalized spacial score (nSPS) is 17.9. The minimum absolute atomic E-state index is 0.432. The van der Waals surface area contributed by atoms with Crippen molar-refractivity contribution >= 4 is 5.97 Å². The fraction of sp³-hybridized carbons (Fsp3) is 0.286. The van der Waals surface area contributed by atoms with E-state index in [1.165, 1.54) is 0 Å². The third-order valence-electron chi connectivity index (χ3n) is 3.83. The number of nitrogens with zero attached hydrogens (tertiary/aromatic N) is 2. The lowest BCUT2D eigenvalue weighted by atomic mass is 9.91. The van der Waals surface area contributed by atoms with Crippen LogP contribution < -0.4 is 5.73 Å². The molecule has 0 saturated heterocycles. The summed E-state index contributed by atoms with van der Waals surface area (Å²) in [5.41, 5.74) is 7.23. The Morgan fingerprint density at radius 3 is 2.63 bits per heavy atom. The number of hydrogen-bond donors (Lipinski definition) is 2. The van der Waals surface area contributed by atoms with E-state index >= 15 is 0 Å². The summed E-state index contributed by atoms with van der Waals surface area (Å²) >= 11 is 0. The molecule has 1 heterocycles. The van der Waals surface area contributed by atoms with Crippen molar-refractivity contribution in [1.29, 1.82) is 0 Å². The lowest BCUT2D eigenvalue weighted by molar-refractivity contribution is -0.139. The minimum Gasteiger partial charge on any atom is -0.480 e. The third kappa shape index (κ3) is 1.92. The number of hydrogen-bond acceptors (Lipinski definition) is 3. The summed E-state index contributed by atoms with van der Waals surface area (Å²) in [5, 5.41) is 13.4. The van der Waals surface area contributed by atoms with E-state index in [0.29, 0.717) is 0 Å². The Kier molecular flexibility index (Phi) is 2.64. The van der Waals surface area contributed by atoms with Gasteiger partial charge in [0, 0.05) is 11.6 Å². The van der Waals surface area contributed by atoms with Gasteiger partial charge in [-0.15, -0.1) is 0 Å². The summed E-state index contributed by atoms with van der Waals surface area (Å²) in [7, 11) is 0. The molecule has 1 aliphatic rings. The van der Waals surface area contributed by atoms with Crippen LogP contribution >= 0.6 is 0 Å². The molecule has 0 bridgehead atoms. The first-order valence-corrected chi connectivity index (χ1v) is 6.22. The quantitative estimate of drug-likeness (QED) is 0.865. The lowest BCUT2D eigenvalue weighted by Crippen LogP contribution is -2.41. The van der Waals surface area contributed by atoms with Crippen LogP contribution in [0.5, 0.6) is 0 Å². The van der Waals surface area contributed by atoms with Crippen molar-refractivity contribution in [2.75, 3.05) is 0 Å². The number of rotatable bonds is 4. The molecule has 1 unspecified atom stereocenters. The summed E-state index contributed by atoms with van der Waals surface area (Å²) in [5.74, 6) is -0.954. The molecule has 19 heavy (non-hydrogen) atoms. The fourth-order valence-electron chi connectivity index (χ4n) is 2.45. The summed E-state index contributed by atoms with van der Waals surface area (Å²) in [4.78, 5) is 11.1. The van der Waals surface area contributed by atoms with Crippen molar-refractivity contribution in [1.82, 2.24) is 9.78 Å². The molecule has 1 fully saturated rings. The number of nitrogens with two attached hydrogens (primary N) is 1. The lowest BCUT2D eigenvalue weighted by Gasteiger charge is -2.17. The zero-order valence-corrected chi connectivity index (χ0v) is 10.4. The highest BCUT2D eigenvalue weighted by molar-refractivity contribution is 5.76. The first-order chi connectivity index (χ1) is 9.13. The Hall–Kier alpha value is -2.14. The zero-order chi connectivity index (χ0) is 13.5. The van der Waals surface area contributed by atoms with Crippen LogP contribution in [0.2, 0.25) is 0 Å². The highest BCUT2D eigenvalue weighted by Crippen LogP contribution is 2.50. The summed E-state index contributed by atoms with van der Waals surface area (Å²) in [6.45, 7) is 0. The molecule has 5 nitrogen and oxygen atoms in total. The largest absolute Gasteiger partial charge is 0.480 e. The van der Waals surface area contributed by atoms with Gasteiger partial charge in [-0.05, 0) is 30.5 Å². The van der Waals surface area contributed by atoms with Crippen LogP contribution in [0.25, 0.3) is 5.69 Å². The highest BCUT2D eigenvalue weighted by Gasteiger charge is 2.53. The maximum Gasteiger partial charge on any atom is 0.321 e. The average Bonchev–Trinajstić information content (AvgIpc) is 3.09. The molecular formula is C14H15N3O2. The Labute approximate surface area is 110 Å². The van der Waals surface area contributed by atoms with Gasteiger partial charge in [0.05, 0.1) is 11.9 Å². The van der Waals surface area contributed by atoms with Crippen molar-refractivity contribution < 1.29 is 9.90 Å².